The van der Waals surface area contributed by atoms with Gasteiger partial charge in [0.1, 0.15) is 16.0 Å². The molecule has 2 rings (SSSR count). The van der Waals surface area contributed by atoms with E-state index >= 15 is 0 Å². The zero-order valence-corrected chi connectivity index (χ0v) is 11.3. The molecule has 7 heteroatoms. The van der Waals surface area contributed by atoms with Crippen LogP contribution in [0.4, 0.5) is 0 Å². The van der Waals surface area contributed by atoms with Crippen molar-refractivity contribution in [2.45, 2.75) is 11.8 Å². The first-order chi connectivity index (χ1) is 8.54. The highest BCUT2D eigenvalue weighted by Gasteiger charge is 2.18. The molecule has 0 bridgehead atoms. The van der Waals surface area contributed by atoms with E-state index in [9.17, 15) is 8.42 Å². The smallest absolute Gasteiger partial charge is 0.180 e. The highest BCUT2D eigenvalue weighted by atomic mass is 32.2. The van der Waals surface area contributed by atoms with Gasteiger partial charge in [-0.1, -0.05) is 19.1 Å². The van der Waals surface area contributed by atoms with E-state index in [0.717, 1.165) is 0 Å². The van der Waals surface area contributed by atoms with Gasteiger partial charge in [-0.05, 0) is 24.3 Å². The minimum absolute atomic E-state index is 0.0223. The highest BCUT2D eigenvalue weighted by molar-refractivity contribution is 7.91. The lowest BCUT2D eigenvalue weighted by molar-refractivity contribution is 0.597. The SMILES string of the molecule is CCS(=O)(=O)c1cccnc1-c1ccc(=S)[nH]n1. The molecule has 0 unspecified atom stereocenters. The molecular formula is C11H11N3O2S2. The van der Waals surface area contributed by atoms with Crippen molar-refractivity contribution in [2.75, 3.05) is 5.75 Å². The second-order valence-corrected chi connectivity index (χ2v) is 6.25. The van der Waals surface area contributed by atoms with Crippen LogP contribution in [0, 0.1) is 4.64 Å². The van der Waals surface area contributed by atoms with Crippen molar-refractivity contribution in [1.29, 1.82) is 0 Å². The normalized spacial score (nSPS) is 11.4. The van der Waals surface area contributed by atoms with Gasteiger partial charge in [0.15, 0.2) is 9.84 Å². The van der Waals surface area contributed by atoms with Crippen LogP contribution >= 0.6 is 12.2 Å². The van der Waals surface area contributed by atoms with Crippen LogP contribution in [0.5, 0.6) is 0 Å². The van der Waals surface area contributed by atoms with Crippen LogP contribution in [-0.4, -0.2) is 29.4 Å². The van der Waals surface area contributed by atoms with Crippen molar-refractivity contribution in [1.82, 2.24) is 15.2 Å². The number of hydrogen-bond donors (Lipinski definition) is 1. The Bertz CT molecular complexity index is 703. The van der Waals surface area contributed by atoms with E-state index in [4.69, 9.17) is 12.2 Å². The van der Waals surface area contributed by atoms with Crippen molar-refractivity contribution in [3.63, 3.8) is 0 Å². The first-order valence-electron chi connectivity index (χ1n) is 5.28. The summed E-state index contributed by atoms with van der Waals surface area (Å²) in [6, 6.07) is 6.42. The Labute approximate surface area is 110 Å². The second kappa shape index (κ2) is 4.95. The average molecular weight is 281 g/mol. The topological polar surface area (TPSA) is 75.7 Å². The Balaban J connectivity index is 2.66. The molecule has 18 heavy (non-hydrogen) atoms. The minimum Gasteiger partial charge on any atom is -0.267 e. The summed E-state index contributed by atoms with van der Waals surface area (Å²) in [5.74, 6) is 0.0223. The summed E-state index contributed by atoms with van der Waals surface area (Å²) in [5, 5.41) is 6.63. The van der Waals surface area contributed by atoms with Crippen molar-refractivity contribution in [2.24, 2.45) is 0 Å². The van der Waals surface area contributed by atoms with E-state index in [2.05, 4.69) is 15.2 Å². The summed E-state index contributed by atoms with van der Waals surface area (Å²) >= 11 is 4.89. The summed E-state index contributed by atoms with van der Waals surface area (Å²) in [6.45, 7) is 1.60. The quantitative estimate of drug-likeness (QED) is 0.871. The highest BCUT2D eigenvalue weighted by Crippen LogP contribution is 2.23. The fraction of sp³-hybridized carbons (Fsp3) is 0.182. The number of hydrogen-bond acceptors (Lipinski definition) is 5. The van der Waals surface area contributed by atoms with Gasteiger partial charge in [-0.2, -0.15) is 5.10 Å². The van der Waals surface area contributed by atoms with Crippen LogP contribution in [0.15, 0.2) is 35.4 Å². The maximum Gasteiger partial charge on any atom is 0.180 e. The van der Waals surface area contributed by atoms with Gasteiger partial charge in [-0.3, -0.25) is 10.1 Å². The largest absolute Gasteiger partial charge is 0.267 e. The summed E-state index contributed by atoms with van der Waals surface area (Å²) < 4.78 is 24.4. The van der Waals surface area contributed by atoms with Crippen molar-refractivity contribution in [3.8, 4) is 11.4 Å². The van der Waals surface area contributed by atoms with Crippen LogP contribution in [0.1, 0.15) is 6.92 Å². The van der Waals surface area contributed by atoms with Gasteiger partial charge in [0.2, 0.25) is 0 Å². The molecular weight excluding hydrogens is 270 g/mol. The predicted molar refractivity (Wildman–Crippen MR) is 70.4 cm³/mol. The molecule has 0 fully saturated rings. The molecule has 0 aliphatic heterocycles. The molecule has 0 aromatic carbocycles. The fourth-order valence-electron chi connectivity index (χ4n) is 1.47. The molecule has 0 radical (unpaired) electrons. The molecule has 0 spiro atoms. The molecule has 5 nitrogen and oxygen atoms in total. The Morgan fingerprint density at radius 3 is 2.72 bits per heavy atom. The third-order valence-electron chi connectivity index (χ3n) is 2.41. The first-order valence-corrected chi connectivity index (χ1v) is 7.34. The molecule has 0 saturated carbocycles. The molecule has 0 saturated heterocycles. The number of aromatic nitrogens is 3. The standard InChI is InChI=1S/C11H11N3O2S2/c1-2-18(15,16)9-4-3-7-12-11(9)8-5-6-10(17)14-13-8/h3-7H,2H2,1H3,(H,14,17). The third kappa shape index (κ3) is 2.46. The Morgan fingerprint density at radius 2 is 2.11 bits per heavy atom. The average Bonchev–Trinajstić information content (AvgIpc) is 2.40. The fourth-order valence-corrected chi connectivity index (χ4v) is 2.63. The maximum absolute atomic E-state index is 12.0. The first kappa shape index (κ1) is 12.8. The Hall–Kier alpha value is -1.60. The van der Waals surface area contributed by atoms with E-state index in [1.807, 2.05) is 0 Å². The van der Waals surface area contributed by atoms with Crippen LogP contribution in [0.2, 0.25) is 0 Å². The van der Waals surface area contributed by atoms with E-state index in [1.54, 1.807) is 25.1 Å². The number of rotatable bonds is 3. The predicted octanol–water partition coefficient (Wildman–Crippen LogP) is 1.99. The number of nitrogens with zero attached hydrogens (tertiary/aromatic N) is 2. The lowest BCUT2D eigenvalue weighted by Gasteiger charge is -2.06. The second-order valence-electron chi connectivity index (χ2n) is 3.56. The third-order valence-corrected chi connectivity index (χ3v) is 4.39. The monoisotopic (exact) mass is 281 g/mol. The summed E-state index contributed by atoms with van der Waals surface area (Å²) in [7, 11) is -3.33. The van der Waals surface area contributed by atoms with Crippen LogP contribution in [0.25, 0.3) is 11.4 Å². The van der Waals surface area contributed by atoms with Gasteiger partial charge in [0.05, 0.1) is 10.6 Å². The number of nitrogens with one attached hydrogen (secondary N) is 1. The number of sulfone groups is 1. The zero-order chi connectivity index (χ0) is 13.2. The van der Waals surface area contributed by atoms with Crippen LogP contribution in [0.3, 0.4) is 0 Å². The van der Waals surface area contributed by atoms with Gasteiger partial charge in [0, 0.05) is 6.20 Å². The zero-order valence-electron chi connectivity index (χ0n) is 9.62. The van der Waals surface area contributed by atoms with Gasteiger partial charge >= 0.3 is 0 Å². The molecule has 0 aliphatic rings. The van der Waals surface area contributed by atoms with Crippen molar-refractivity contribution >= 4 is 22.1 Å². The number of aromatic amines is 1. The number of H-pyrrole nitrogens is 1. The molecule has 0 amide bonds. The molecule has 0 atom stereocenters. The summed E-state index contributed by atoms with van der Waals surface area (Å²) in [6.07, 6.45) is 1.54. The lowest BCUT2D eigenvalue weighted by atomic mass is 10.2. The van der Waals surface area contributed by atoms with E-state index in [-0.39, 0.29) is 10.6 Å². The Morgan fingerprint density at radius 1 is 1.33 bits per heavy atom. The summed E-state index contributed by atoms with van der Waals surface area (Å²) in [4.78, 5) is 4.28. The molecule has 1 N–H and O–H groups in total. The van der Waals surface area contributed by atoms with Crippen molar-refractivity contribution < 1.29 is 8.42 Å². The van der Waals surface area contributed by atoms with E-state index in [0.29, 0.717) is 16.0 Å². The molecule has 94 valence electrons. The summed E-state index contributed by atoms with van der Waals surface area (Å²) in [5.41, 5.74) is 0.793. The van der Waals surface area contributed by atoms with Gasteiger partial charge in [-0.25, -0.2) is 8.42 Å². The van der Waals surface area contributed by atoms with E-state index < -0.39 is 9.84 Å². The van der Waals surface area contributed by atoms with Gasteiger partial charge < -0.3 is 0 Å². The lowest BCUT2D eigenvalue weighted by Crippen LogP contribution is -2.07. The van der Waals surface area contributed by atoms with Gasteiger partial charge in [-0.15, -0.1) is 0 Å². The van der Waals surface area contributed by atoms with Crippen LogP contribution in [-0.2, 0) is 9.84 Å². The molecule has 2 aromatic heterocycles. The molecule has 0 aliphatic carbocycles. The maximum atomic E-state index is 12.0. The number of pyridine rings is 1. The molecule has 2 aromatic rings. The van der Waals surface area contributed by atoms with Crippen molar-refractivity contribution in [3.05, 3.63) is 35.1 Å². The Kier molecular flexibility index (Phi) is 3.53. The van der Waals surface area contributed by atoms with Gasteiger partial charge in [0.25, 0.3) is 0 Å². The molecule has 2 heterocycles. The van der Waals surface area contributed by atoms with Crippen LogP contribution < -0.4 is 0 Å². The van der Waals surface area contributed by atoms with E-state index in [1.165, 1.54) is 12.3 Å². The minimum atomic E-state index is -3.33.